The van der Waals surface area contributed by atoms with Gasteiger partial charge in [0.25, 0.3) is 5.69 Å². The zero-order chi connectivity index (χ0) is 18.9. The standard InChI is InChI=1S/C18H21N3O4S/c1-14-3-6-17(7-4-14)26(24,25)20-11-9-19(10-12-20)18-8-5-16(21(22)23)13-15(18)2/h3-8,13H,9-12H2,1-2H3. The molecule has 0 saturated carbocycles. The third-order valence-electron chi connectivity index (χ3n) is 4.63. The molecule has 1 fully saturated rings. The molecule has 0 aliphatic carbocycles. The van der Waals surface area contributed by atoms with E-state index in [1.807, 2.05) is 13.8 Å². The summed E-state index contributed by atoms with van der Waals surface area (Å²) in [4.78, 5) is 12.8. The summed E-state index contributed by atoms with van der Waals surface area (Å²) < 4.78 is 27.0. The van der Waals surface area contributed by atoms with Crippen LogP contribution < -0.4 is 4.90 Å². The molecule has 0 N–H and O–H groups in total. The number of nitro groups is 1. The number of piperazine rings is 1. The van der Waals surface area contributed by atoms with E-state index in [1.165, 1.54) is 10.4 Å². The summed E-state index contributed by atoms with van der Waals surface area (Å²) >= 11 is 0. The largest absolute Gasteiger partial charge is 0.369 e. The summed E-state index contributed by atoms with van der Waals surface area (Å²) in [7, 11) is -3.50. The number of non-ortho nitro benzene ring substituents is 1. The number of nitrogens with zero attached hydrogens (tertiary/aromatic N) is 3. The van der Waals surface area contributed by atoms with Gasteiger partial charge in [-0.15, -0.1) is 0 Å². The van der Waals surface area contributed by atoms with Crippen LogP contribution in [0, 0.1) is 24.0 Å². The van der Waals surface area contributed by atoms with E-state index in [-0.39, 0.29) is 5.69 Å². The van der Waals surface area contributed by atoms with Crippen LogP contribution >= 0.6 is 0 Å². The first-order valence-electron chi connectivity index (χ1n) is 8.36. The first kappa shape index (κ1) is 18.3. The quantitative estimate of drug-likeness (QED) is 0.606. The predicted molar refractivity (Wildman–Crippen MR) is 100.0 cm³/mol. The lowest BCUT2D eigenvalue weighted by Gasteiger charge is -2.36. The molecule has 138 valence electrons. The molecule has 1 heterocycles. The zero-order valence-electron chi connectivity index (χ0n) is 14.8. The minimum Gasteiger partial charge on any atom is -0.369 e. The second-order valence-corrected chi connectivity index (χ2v) is 8.37. The lowest BCUT2D eigenvalue weighted by molar-refractivity contribution is -0.384. The molecular weight excluding hydrogens is 354 g/mol. The summed E-state index contributed by atoms with van der Waals surface area (Å²) in [5, 5.41) is 10.9. The smallest absolute Gasteiger partial charge is 0.269 e. The monoisotopic (exact) mass is 375 g/mol. The minimum absolute atomic E-state index is 0.0619. The van der Waals surface area contributed by atoms with Crippen LogP contribution in [0.4, 0.5) is 11.4 Å². The first-order valence-corrected chi connectivity index (χ1v) is 9.80. The second kappa shape index (κ2) is 7.05. The number of anilines is 1. The predicted octanol–water partition coefficient (Wildman–Crippen LogP) is 2.72. The van der Waals surface area contributed by atoms with Gasteiger partial charge < -0.3 is 4.90 Å². The fraction of sp³-hybridized carbons (Fsp3) is 0.333. The highest BCUT2D eigenvalue weighted by atomic mass is 32.2. The van der Waals surface area contributed by atoms with Gasteiger partial charge in [0.15, 0.2) is 0 Å². The number of sulfonamides is 1. The molecule has 0 amide bonds. The molecule has 0 unspecified atom stereocenters. The molecule has 2 aromatic rings. The molecule has 2 aromatic carbocycles. The highest BCUT2D eigenvalue weighted by molar-refractivity contribution is 7.89. The number of aryl methyl sites for hydroxylation is 2. The maximum atomic E-state index is 12.8. The van der Waals surface area contributed by atoms with Gasteiger partial charge in [0.2, 0.25) is 10.0 Å². The van der Waals surface area contributed by atoms with Crippen LogP contribution in [0.25, 0.3) is 0 Å². The second-order valence-electron chi connectivity index (χ2n) is 6.43. The van der Waals surface area contributed by atoms with Crippen LogP contribution in [0.3, 0.4) is 0 Å². The highest BCUT2D eigenvalue weighted by Crippen LogP contribution is 2.27. The molecule has 0 atom stereocenters. The number of hydrogen-bond acceptors (Lipinski definition) is 5. The van der Waals surface area contributed by atoms with Gasteiger partial charge in [-0.2, -0.15) is 4.31 Å². The molecule has 3 rings (SSSR count). The maximum Gasteiger partial charge on any atom is 0.269 e. The van der Waals surface area contributed by atoms with Crippen LogP contribution in [0.2, 0.25) is 0 Å². The molecule has 26 heavy (non-hydrogen) atoms. The maximum absolute atomic E-state index is 12.8. The van der Waals surface area contributed by atoms with Gasteiger partial charge in [-0.3, -0.25) is 10.1 Å². The fourth-order valence-corrected chi connectivity index (χ4v) is 4.56. The summed E-state index contributed by atoms with van der Waals surface area (Å²) in [6, 6.07) is 11.6. The molecule has 0 radical (unpaired) electrons. The van der Waals surface area contributed by atoms with E-state index in [9.17, 15) is 18.5 Å². The molecule has 0 spiro atoms. The van der Waals surface area contributed by atoms with E-state index in [0.717, 1.165) is 16.8 Å². The van der Waals surface area contributed by atoms with Crippen molar-refractivity contribution in [3.63, 3.8) is 0 Å². The van der Waals surface area contributed by atoms with Crippen molar-refractivity contribution in [1.29, 1.82) is 0 Å². The van der Waals surface area contributed by atoms with Gasteiger partial charge in [0.1, 0.15) is 0 Å². The average molecular weight is 375 g/mol. The third kappa shape index (κ3) is 3.56. The normalized spacial score (nSPS) is 15.8. The number of benzene rings is 2. The summed E-state index contributed by atoms with van der Waals surface area (Å²) in [5.41, 5.74) is 2.80. The summed E-state index contributed by atoms with van der Waals surface area (Å²) in [6.07, 6.45) is 0. The van der Waals surface area contributed by atoms with E-state index < -0.39 is 14.9 Å². The summed E-state index contributed by atoms with van der Waals surface area (Å²) in [5.74, 6) is 0. The van der Waals surface area contributed by atoms with Crippen molar-refractivity contribution in [3.05, 3.63) is 63.7 Å². The van der Waals surface area contributed by atoms with E-state index >= 15 is 0 Å². The molecule has 8 heteroatoms. The Morgan fingerprint density at radius 3 is 2.12 bits per heavy atom. The Morgan fingerprint density at radius 1 is 0.962 bits per heavy atom. The van der Waals surface area contributed by atoms with Crippen molar-refractivity contribution in [2.45, 2.75) is 18.7 Å². The van der Waals surface area contributed by atoms with Crippen molar-refractivity contribution in [2.75, 3.05) is 31.1 Å². The lowest BCUT2D eigenvalue weighted by atomic mass is 10.1. The number of rotatable bonds is 4. The summed E-state index contributed by atoms with van der Waals surface area (Å²) in [6.45, 7) is 5.60. The van der Waals surface area contributed by atoms with Gasteiger partial charge in [-0.05, 0) is 37.6 Å². The van der Waals surface area contributed by atoms with Crippen LogP contribution in [0.15, 0.2) is 47.4 Å². The van der Waals surface area contributed by atoms with Crippen molar-refractivity contribution in [1.82, 2.24) is 4.31 Å². The van der Waals surface area contributed by atoms with Gasteiger partial charge in [-0.25, -0.2) is 8.42 Å². The SMILES string of the molecule is Cc1ccc(S(=O)(=O)N2CCN(c3ccc([N+](=O)[O-])cc3C)CC2)cc1. The highest BCUT2D eigenvalue weighted by Gasteiger charge is 2.29. The number of nitro benzene ring substituents is 1. The Labute approximate surface area is 153 Å². The Kier molecular flexibility index (Phi) is 4.97. The molecule has 0 bridgehead atoms. The number of hydrogen-bond donors (Lipinski definition) is 0. The molecule has 1 aliphatic heterocycles. The Hall–Kier alpha value is -2.45. The Balaban J connectivity index is 1.73. The average Bonchev–Trinajstić information content (AvgIpc) is 2.62. The zero-order valence-corrected chi connectivity index (χ0v) is 15.6. The van der Waals surface area contributed by atoms with Gasteiger partial charge in [0.05, 0.1) is 9.82 Å². The first-order chi connectivity index (χ1) is 12.3. The van der Waals surface area contributed by atoms with E-state index in [0.29, 0.717) is 31.1 Å². The lowest BCUT2D eigenvalue weighted by Crippen LogP contribution is -2.48. The van der Waals surface area contributed by atoms with Crippen molar-refractivity contribution >= 4 is 21.4 Å². The molecule has 7 nitrogen and oxygen atoms in total. The van der Waals surface area contributed by atoms with Gasteiger partial charge in [0, 0.05) is 44.0 Å². The fourth-order valence-electron chi connectivity index (χ4n) is 3.14. The van der Waals surface area contributed by atoms with E-state index in [4.69, 9.17) is 0 Å². The van der Waals surface area contributed by atoms with Gasteiger partial charge >= 0.3 is 0 Å². The van der Waals surface area contributed by atoms with Crippen LogP contribution in [-0.4, -0.2) is 43.8 Å². The van der Waals surface area contributed by atoms with Crippen molar-refractivity contribution in [3.8, 4) is 0 Å². The topological polar surface area (TPSA) is 83.8 Å². The minimum atomic E-state index is -3.50. The van der Waals surface area contributed by atoms with Crippen molar-refractivity contribution in [2.24, 2.45) is 0 Å². The molecule has 1 saturated heterocycles. The van der Waals surface area contributed by atoms with Gasteiger partial charge in [-0.1, -0.05) is 17.7 Å². The Morgan fingerprint density at radius 2 is 1.58 bits per heavy atom. The van der Waals surface area contributed by atoms with E-state index in [2.05, 4.69) is 4.90 Å². The molecule has 1 aliphatic rings. The Bertz CT molecular complexity index is 918. The van der Waals surface area contributed by atoms with Crippen molar-refractivity contribution < 1.29 is 13.3 Å². The van der Waals surface area contributed by atoms with E-state index in [1.54, 1.807) is 36.4 Å². The van der Waals surface area contributed by atoms with Crippen LogP contribution in [0.5, 0.6) is 0 Å². The van der Waals surface area contributed by atoms with Crippen LogP contribution in [-0.2, 0) is 10.0 Å². The third-order valence-corrected chi connectivity index (χ3v) is 6.54. The molecular formula is C18H21N3O4S. The molecule has 0 aromatic heterocycles. The van der Waals surface area contributed by atoms with Crippen LogP contribution in [0.1, 0.15) is 11.1 Å².